The van der Waals surface area contributed by atoms with E-state index in [0.29, 0.717) is 23.5 Å². The van der Waals surface area contributed by atoms with Crippen LogP contribution in [0.4, 0.5) is 0 Å². The van der Waals surface area contributed by atoms with Crippen LogP contribution in [0, 0.1) is 5.92 Å². The average Bonchev–Trinajstić information content (AvgIpc) is 2.54. The van der Waals surface area contributed by atoms with Crippen LogP contribution >= 0.6 is 11.6 Å². The minimum absolute atomic E-state index is 0.0797. The van der Waals surface area contributed by atoms with Gasteiger partial charge < -0.3 is 10.1 Å². The summed E-state index contributed by atoms with van der Waals surface area (Å²) in [5.41, 5.74) is 0.918. The molecular weight excluding hydrogens is 312 g/mol. The third-order valence-electron chi connectivity index (χ3n) is 4.05. The molecule has 1 aliphatic heterocycles. The fourth-order valence-corrected chi connectivity index (χ4v) is 2.94. The zero-order chi connectivity index (χ0) is 16.7. The molecule has 1 N–H and O–H groups in total. The van der Waals surface area contributed by atoms with Crippen LogP contribution < -0.4 is 5.32 Å². The maximum atomic E-state index is 12.0. The third-order valence-corrected chi connectivity index (χ3v) is 4.28. The number of carbonyl (C=O) groups is 1. The van der Waals surface area contributed by atoms with Gasteiger partial charge in [0.25, 0.3) is 0 Å². The molecule has 1 atom stereocenters. The van der Waals surface area contributed by atoms with E-state index in [9.17, 15) is 4.79 Å². The van der Waals surface area contributed by atoms with Gasteiger partial charge in [0.1, 0.15) is 0 Å². The van der Waals surface area contributed by atoms with Crippen LogP contribution in [0.2, 0.25) is 5.02 Å². The Labute approximate surface area is 143 Å². The smallest absolute Gasteiger partial charge is 0.244 e. The average molecular weight is 337 g/mol. The lowest BCUT2D eigenvalue weighted by molar-refractivity contribution is -0.116. The van der Waals surface area contributed by atoms with Crippen LogP contribution in [0.25, 0.3) is 6.08 Å². The fraction of sp³-hybridized carbons (Fsp3) is 0.500. The van der Waals surface area contributed by atoms with Gasteiger partial charge >= 0.3 is 0 Å². The molecule has 126 valence electrons. The van der Waals surface area contributed by atoms with E-state index in [0.717, 1.165) is 31.9 Å². The number of halogens is 1. The summed E-state index contributed by atoms with van der Waals surface area (Å²) in [4.78, 5) is 14.4. The Hall–Kier alpha value is -1.36. The van der Waals surface area contributed by atoms with Crippen molar-refractivity contribution < 1.29 is 9.53 Å². The van der Waals surface area contributed by atoms with E-state index >= 15 is 0 Å². The number of ether oxygens (including phenoxy) is 1. The highest BCUT2D eigenvalue weighted by Gasteiger charge is 2.23. The molecule has 2 rings (SSSR count). The molecule has 0 saturated carbocycles. The zero-order valence-corrected chi connectivity index (χ0v) is 14.6. The monoisotopic (exact) mass is 336 g/mol. The standard InChI is InChI=1S/C18H25ClN2O2/c1-14(2)17(21-8-10-23-11-9-21)13-20-18(22)7-6-15-4-3-5-16(19)12-15/h3-7,12,14,17H,8-11,13H2,1-2H3,(H,20,22). The van der Waals surface area contributed by atoms with Crippen molar-refractivity contribution in [3.63, 3.8) is 0 Å². The van der Waals surface area contributed by atoms with Gasteiger partial charge in [-0.25, -0.2) is 0 Å². The van der Waals surface area contributed by atoms with Crippen LogP contribution in [-0.4, -0.2) is 49.7 Å². The van der Waals surface area contributed by atoms with Crippen LogP contribution in [0.1, 0.15) is 19.4 Å². The van der Waals surface area contributed by atoms with E-state index in [4.69, 9.17) is 16.3 Å². The number of carbonyl (C=O) groups excluding carboxylic acids is 1. The minimum atomic E-state index is -0.0797. The maximum absolute atomic E-state index is 12.0. The summed E-state index contributed by atoms with van der Waals surface area (Å²) in [5, 5.41) is 3.67. The molecule has 1 aromatic carbocycles. The van der Waals surface area contributed by atoms with Crippen LogP contribution in [-0.2, 0) is 9.53 Å². The molecule has 23 heavy (non-hydrogen) atoms. The molecule has 1 amide bonds. The van der Waals surface area contributed by atoms with Crippen molar-refractivity contribution in [3.05, 3.63) is 40.9 Å². The number of rotatable bonds is 6. The van der Waals surface area contributed by atoms with Crippen molar-refractivity contribution in [1.29, 1.82) is 0 Å². The molecule has 0 spiro atoms. The highest BCUT2D eigenvalue weighted by molar-refractivity contribution is 6.30. The lowest BCUT2D eigenvalue weighted by Gasteiger charge is -2.36. The highest BCUT2D eigenvalue weighted by atomic mass is 35.5. The summed E-state index contributed by atoms with van der Waals surface area (Å²) >= 11 is 5.93. The first-order valence-electron chi connectivity index (χ1n) is 8.09. The summed E-state index contributed by atoms with van der Waals surface area (Å²) in [6.07, 6.45) is 3.34. The number of amides is 1. The van der Waals surface area contributed by atoms with Crippen LogP contribution in [0.15, 0.2) is 30.3 Å². The normalized spacial score (nSPS) is 17.6. The number of hydrogen-bond acceptors (Lipinski definition) is 3. The Balaban J connectivity index is 1.86. The van der Waals surface area contributed by atoms with Gasteiger partial charge in [0.15, 0.2) is 0 Å². The summed E-state index contributed by atoms with van der Waals surface area (Å²) < 4.78 is 5.40. The van der Waals surface area contributed by atoms with E-state index in [2.05, 4.69) is 24.1 Å². The molecule has 1 aliphatic rings. The van der Waals surface area contributed by atoms with E-state index in [1.54, 1.807) is 12.2 Å². The minimum Gasteiger partial charge on any atom is -0.379 e. The number of hydrogen-bond donors (Lipinski definition) is 1. The zero-order valence-electron chi connectivity index (χ0n) is 13.8. The Kier molecular flexibility index (Phi) is 7.09. The predicted octanol–water partition coefficient (Wildman–Crippen LogP) is 2.83. The SMILES string of the molecule is CC(C)C(CNC(=O)C=Cc1cccc(Cl)c1)N1CCOCC1. The molecule has 5 heteroatoms. The number of nitrogens with one attached hydrogen (secondary N) is 1. The van der Waals surface area contributed by atoms with Crippen molar-refractivity contribution in [2.24, 2.45) is 5.92 Å². The Morgan fingerprint density at radius 2 is 2.13 bits per heavy atom. The fourth-order valence-electron chi connectivity index (χ4n) is 2.74. The Morgan fingerprint density at radius 1 is 1.39 bits per heavy atom. The van der Waals surface area contributed by atoms with Gasteiger partial charge in [-0.3, -0.25) is 9.69 Å². The summed E-state index contributed by atoms with van der Waals surface area (Å²) in [6.45, 7) is 8.42. The van der Waals surface area contributed by atoms with Gasteiger partial charge in [-0.1, -0.05) is 37.6 Å². The molecule has 1 fully saturated rings. The van der Waals surface area contributed by atoms with Crippen molar-refractivity contribution in [1.82, 2.24) is 10.2 Å². The maximum Gasteiger partial charge on any atom is 0.244 e. The van der Waals surface area contributed by atoms with E-state index in [-0.39, 0.29) is 5.91 Å². The summed E-state index contributed by atoms with van der Waals surface area (Å²) in [6, 6.07) is 7.76. The molecule has 1 heterocycles. The molecule has 0 bridgehead atoms. The lowest BCUT2D eigenvalue weighted by atomic mass is 10.0. The number of benzene rings is 1. The lowest BCUT2D eigenvalue weighted by Crippen LogP contribution is -2.51. The van der Waals surface area contributed by atoms with Crippen molar-refractivity contribution in [2.75, 3.05) is 32.8 Å². The second kappa shape index (κ2) is 9.06. The van der Waals surface area contributed by atoms with Gasteiger partial charge in [0.05, 0.1) is 13.2 Å². The molecule has 0 aliphatic carbocycles. The first-order chi connectivity index (χ1) is 11.1. The Bertz CT molecular complexity index is 540. The van der Waals surface area contributed by atoms with E-state index in [1.165, 1.54) is 0 Å². The topological polar surface area (TPSA) is 41.6 Å². The summed E-state index contributed by atoms with van der Waals surface area (Å²) in [7, 11) is 0. The van der Waals surface area contributed by atoms with Crippen LogP contribution in [0.5, 0.6) is 0 Å². The van der Waals surface area contributed by atoms with Gasteiger partial charge in [-0.2, -0.15) is 0 Å². The molecule has 1 saturated heterocycles. The second-order valence-corrected chi connectivity index (χ2v) is 6.53. The first-order valence-corrected chi connectivity index (χ1v) is 8.47. The predicted molar refractivity (Wildman–Crippen MR) is 94.5 cm³/mol. The first kappa shape index (κ1) is 18.0. The summed E-state index contributed by atoms with van der Waals surface area (Å²) in [5.74, 6) is 0.397. The van der Waals surface area contributed by atoms with E-state index < -0.39 is 0 Å². The molecular formula is C18H25ClN2O2. The van der Waals surface area contributed by atoms with Gasteiger partial charge in [0.2, 0.25) is 5.91 Å². The molecule has 0 aromatic heterocycles. The Morgan fingerprint density at radius 3 is 2.78 bits per heavy atom. The second-order valence-electron chi connectivity index (χ2n) is 6.09. The van der Waals surface area contributed by atoms with Crippen molar-refractivity contribution in [3.8, 4) is 0 Å². The third kappa shape index (κ3) is 5.98. The number of nitrogens with zero attached hydrogens (tertiary/aromatic N) is 1. The largest absolute Gasteiger partial charge is 0.379 e. The van der Waals surface area contributed by atoms with Gasteiger partial charge in [-0.05, 0) is 29.7 Å². The molecule has 1 unspecified atom stereocenters. The van der Waals surface area contributed by atoms with Gasteiger partial charge in [0, 0.05) is 36.8 Å². The quantitative estimate of drug-likeness (QED) is 0.812. The van der Waals surface area contributed by atoms with Gasteiger partial charge in [-0.15, -0.1) is 0 Å². The molecule has 4 nitrogen and oxygen atoms in total. The molecule has 0 radical (unpaired) electrons. The van der Waals surface area contributed by atoms with Crippen molar-refractivity contribution >= 4 is 23.6 Å². The van der Waals surface area contributed by atoms with Crippen molar-refractivity contribution in [2.45, 2.75) is 19.9 Å². The number of morpholine rings is 1. The van der Waals surface area contributed by atoms with E-state index in [1.807, 2.05) is 24.3 Å². The van der Waals surface area contributed by atoms with Crippen LogP contribution in [0.3, 0.4) is 0 Å². The molecule has 1 aromatic rings. The highest BCUT2D eigenvalue weighted by Crippen LogP contribution is 2.13.